The van der Waals surface area contributed by atoms with E-state index in [1.165, 1.54) is 18.9 Å². The summed E-state index contributed by atoms with van der Waals surface area (Å²) in [5.74, 6) is 0.588. The van der Waals surface area contributed by atoms with Crippen LogP contribution >= 0.6 is 15.9 Å². The van der Waals surface area contributed by atoms with E-state index >= 15 is 0 Å². The van der Waals surface area contributed by atoms with Crippen LogP contribution in [-0.4, -0.2) is 6.04 Å². The normalized spacial score (nSPS) is 14.3. The zero-order valence-corrected chi connectivity index (χ0v) is 12.5. The van der Waals surface area contributed by atoms with Gasteiger partial charge in [0.2, 0.25) is 0 Å². The number of nitrogens with one attached hydrogen (secondary N) is 1. The van der Waals surface area contributed by atoms with Crippen LogP contribution in [0.15, 0.2) is 46.9 Å². The molecule has 2 nitrogen and oxygen atoms in total. The minimum atomic E-state index is -0.350. The van der Waals surface area contributed by atoms with Crippen molar-refractivity contribution in [3.63, 3.8) is 0 Å². The molecule has 20 heavy (non-hydrogen) atoms. The molecule has 3 rings (SSSR count). The predicted molar refractivity (Wildman–Crippen MR) is 80.5 cm³/mol. The van der Waals surface area contributed by atoms with Gasteiger partial charge in [-0.3, -0.25) is 0 Å². The fraction of sp³-hybridized carbons (Fsp3) is 0.250. The first kappa shape index (κ1) is 13.6. The molecule has 0 saturated heterocycles. The molecule has 104 valence electrons. The average molecular weight is 336 g/mol. The molecule has 2 aromatic carbocycles. The maximum atomic E-state index is 13.7. The monoisotopic (exact) mass is 335 g/mol. The first-order valence-electron chi connectivity index (χ1n) is 6.66. The van der Waals surface area contributed by atoms with Gasteiger partial charge in [0, 0.05) is 22.6 Å². The lowest BCUT2D eigenvalue weighted by molar-refractivity contribution is 0.435. The van der Waals surface area contributed by atoms with Crippen LogP contribution in [0.1, 0.15) is 18.4 Å². The fourth-order valence-electron chi connectivity index (χ4n) is 1.97. The summed E-state index contributed by atoms with van der Waals surface area (Å²) >= 11 is 3.46. The Hall–Kier alpha value is -1.39. The minimum Gasteiger partial charge on any atom is -0.454 e. The van der Waals surface area contributed by atoms with Gasteiger partial charge >= 0.3 is 0 Å². The lowest BCUT2D eigenvalue weighted by atomic mass is 10.2. The van der Waals surface area contributed by atoms with E-state index < -0.39 is 0 Å². The second-order valence-corrected chi connectivity index (χ2v) is 5.86. The van der Waals surface area contributed by atoms with E-state index in [0.29, 0.717) is 11.8 Å². The van der Waals surface area contributed by atoms with Crippen molar-refractivity contribution in [1.29, 1.82) is 0 Å². The van der Waals surface area contributed by atoms with Gasteiger partial charge in [-0.15, -0.1) is 0 Å². The summed E-state index contributed by atoms with van der Waals surface area (Å²) in [5.41, 5.74) is 1.02. The third-order valence-electron chi connectivity index (χ3n) is 3.24. The van der Waals surface area contributed by atoms with Crippen molar-refractivity contribution >= 4 is 15.9 Å². The quantitative estimate of drug-likeness (QED) is 0.859. The number of para-hydroxylation sites is 1. The van der Waals surface area contributed by atoms with E-state index in [1.54, 1.807) is 18.2 Å². The molecule has 0 bridgehead atoms. The third-order valence-corrected chi connectivity index (χ3v) is 3.73. The van der Waals surface area contributed by atoms with E-state index in [2.05, 4.69) is 21.2 Å². The highest BCUT2D eigenvalue weighted by molar-refractivity contribution is 9.10. The van der Waals surface area contributed by atoms with Crippen LogP contribution in [-0.2, 0) is 6.54 Å². The standard InChI is InChI=1S/C16H15BrFNO/c17-12-5-8-15(11(9-12)10-19-13-6-7-13)20-16-4-2-1-3-14(16)18/h1-5,8-9,13,19H,6-7,10H2. The number of rotatable bonds is 5. The highest BCUT2D eigenvalue weighted by Gasteiger charge is 2.20. The predicted octanol–water partition coefficient (Wildman–Crippen LogP) is 4.63. The minimum absolute atomic E-state index is 0.252. The molecule has 0 radical (unpaired) electrons. The molecule has 1 aliphatic carbocycles. The molecular weight excluding hydrogens is 321 g/mol. The zero-order valence-electron chi connectivity index (χ0n) is 10.9. The van der Waals surface area contributed by atoms with Crippen LogP contribution in [0.25, 0.3) is 0 Å². The summed E-state index contributed by atoms with van der Waals surface area (Å²) in [4.78, 5) is 0. The van der Waals surface area contributed by atoms with Gasteiger partial charge < -0.3 is 10.1 Å². The SMILES string of the molecule is Fc1ccccc1Oc1ccc(Br)cc1CNC1CC1. The Kier molecular flexibility index (Phi) is 4.03. The van der Waals surface area contributed by atoms with Gasteiger partial charge in [-0.2, -0.15) is 0 Å². The molecule has 2 aromatic rings. The molecule has 0 atom stereocenters. The van der Waals surface area contributed by atoms with Crippen molar-refractivity contribution < 1.29 is 9.13 Å². The number of benzene rings is 2. The van der Waals surface area contributed by atoms with Gasteiger partial charge in [-0.05, 0) is 43.2 Å². The number of ether oxygens (including phenoxy) is 1. The molecule has 0 unspecified atom stereocenters. The number of hydrogen-bond acceptors (Lipinski definition) is 2. The molecule has 1 N–H and O–H groups in total. The average Bonchev–Trinajstić information content (AvgIpc) is 3.25. The first-order valence-corrected chi connectivity index (χ1v) is 7.46. The van der Waals surface area contributed by atoms with Crippen LogP contribution in [0.3, 0.4) is 0 Å². The Morgan fingerprint density at radius 3 is 2.70 bits per heavy atom. The van der Waals surface area contributed by atoms with Gasteiger partial charge in [0.05, 0.1) is 0 Å². The van der Waals surface area contributed by atoms with Gasteiger partial charge in [0.15, 0.2) is 11.6 Å². The lowest BCUT2D eigenvalue weighted by Gasteiger charge is -2.13. The summed E-state index contributed by atoms with van der Waals surface area (Å²) in [6.45, 7) is 0.730. The molecule has 0 spiro atoms. The molecule has 0 aromatic heterocycles. The van der Waals surface area contributed by atoms with Crippen LogP contribution in [0.5, 0.6) is 11.5 Å². The van der Waals surface area contributed by atoms with Crippen LogP contribution in [0.2, 0.25) is 0 Å². The smallest absolute Gasteiger partial charge is 0.165 e. The van der Waals surface area contributed by atoms with Crippen molar-refractivity contribution in [2.24, 2.45) is 0 Å². The van der Waals surface area contributed by atoms with Gasteiger partial charge in [-0.25, -0.2) is 4.39 Å². The summed E-state index contributed by atoms with van der Waals surface area (Å²) in [6.07, 6.45) is 2.47. The van der Waals surface area contributed by atoms with E-state index in [0.717, 1.165) is 16.6 Å². The number of halogens is 2. The highest BCUT2D eigenvalue weighted by atomic mass is 79.9. The number of hydrogen-bond donors (Lipinski definition) is 1. The summed E-state index contributed by atoms with van der Waals surface area (Å²) < 4.78 is 20.4. The van der Waals surface area contributed by atoms with Crippen LogP contribution < -0.4 is 10.1 Å². The fourth-order valence-corrected chi connectivity index (χ4v) is 2.38. The summed E-state index contributed by atoms with van der Waals surface area (Å²) in [7, 11) is 0. The third kappa shape index (κ3) is 3.38. The largest absolute Gasteiger partial charge is 0.454 e. The van der Waals surface area contributed by atoms with Gasteiger partial charge in [0.25, 0.3) is 0 Å². The lowest BCUT2D eigenvalue weighted by Crippen LogP contribution is -2.15. The maximum absolute atomic E-state index is 13.7. The van der Waals surface area contributed by atoms with Crippen molar-refractivity contribution in [3.05, 3.63) is 58.3 Å². The zero-order chi connectivity index (χ0) is 13.9. The van der Waals surface area contributed by atoms with Gasteiger partial charge in [-0.1, -0.05) is 28.1 Å². The Morgan fingerprint density at radius 2 is 1.95 bits per heavy atom. The van der Waals surface area contributed by atoms with Crippen molar-refractivity contribution in [2.45, 2.75) is 25.4 Å². The van der Waals surface area contributed by atoms with E-state index in [4.69, 9.17) is 4.74 Å². The maximum Gasteiger partial charge on any atom is 0.165 e. The topological polar surface area (TPSA) is 21.3 Å². The molecule has 0 heterocycles. The highest BCUT2D eigenvalue weighted by Crippen LogP contribution is 2.30. The summed E-state index contributed by atoms with van der Waals surface area (Å²) in [5, 5.41) is 3.45. The Labute approximate surface area is 126 Å². The van der Waals surface area contributed by atoms with E-state index in [9.17, 15) is 4.39 Å². The molecule has 1 saturated carbocycles. The Bertz CT molecular complexity index is 613. The Balaban J connectivity index is 1.82. The van der Waals surface area contributed by atoms with Crippen LogP contribution in [0.4, 0.5) is 4.39 Å². The second kappa shape index (κ2) is 5.94. The molecule has 4 heteroatoms. The molecular formula is C16H15BrFNO. The van der Waals surface area contributed by atoms with Gasteiger partial charge in [0.1, 0.15) is 5.75 Å². The van der Waals surface area contributed by atoms with E-state index in [1.807, 2.05) is 18.2 Å². The summed E-state index contributed by atoms with van der Waals surface area (Å²) in [6, 6.07) is 12.8. The van der Waals surface area contributed by atoms with Crippen molar-refractivity contribution in [3.8, 4) is 11.5 Å². The molecule has 0 aliphatic heterocycles. The molecule has 1 aliphatic rings. The molecule has 0 amide bonds. The van der Waals surface area contributed by atoms with Crippen molar-refractivity contribution in [2.75, 3.05) is 0 Å². The first-order chi connectivity index (χ1) is 9.72. The Morgan fingerprint density at radius 1 is 1.15 bits per heavy atom. The molecule has 1 fully saturated rings. The van der Waals surface area contributed by atoms with Crippen molar-refractivity contribution in [1.82, 2.24) is 5.32 Å². The van der Waals surface area contributed by atoms with E-state index in [-0.39, 0.29) is 11.6 Å². The van der Waals surface area contributed by atoms with Crippen LogP contribution in [0, 0.1) is 5.82 Å². The second-order valence-electron chi connectivity index (χ2n) is 4.94.